The molecule has 5 nitrogen and oxygen atoms in total. The predicted octanol–water partition coefficient (Wildman–Crippen LogP) is 4.82. The molecule has 1 amide bonds. The van der Waals surface area contributed by atoms with E-state index in [9.17, 15) is 13.2 Å². The van der Waals surface area contributed by atoms with Gasteiger partial charge >= 0.3 is 0 Å². The van der Waals surface area contributed by atoms with E-state index < -0.39 is 10.0 Å². The maximum atomic E-state index is 13.1. The molecular weight excluding hydrogens is 396 g/mol. The van der Waals surface area contributed by atoms with Crippen molar-refractivity contribution in [2.75, 3.05) is 18.4 Å². The van der Waals surface area contributed by atoms with E-state index in [2.05, 4.69) is 12.2 Å². The Balaban J connectivity index is 1.59. The number of amides is 1. The molecule has 6 heteroatoms. The van der Waals surface area contributed by atoms with Gasteiger partial charge in [-0.05, 0) is 66.3 Å². The number of carbonyl (C=O) groups is 1. The highest BCUT2D eigenvalue weighted by atomic mass is 32.2. The Morgan fingerprint density at radius 3 is 2.40 bits per heavy atom. The molecule has 1 saturated heterocycles. The second kappa shape index (κ2) is 8.20. The molecule has 30 heavy (non-hydrogen) atoms. The molecule has 3 aromatic rings. The SMILES string of the molecule is Cc1ccc(S(=O)(=O)N2CCC(C)CC2)cc1C(=O)Nc1ccc2ccccc2c1. The van der Waals surface area contributed by atoms with Crippen molar-refractivity contribution in [3.05, 3.63) is 71.8 Å². The van der Waals surface area contributed by atoms with E-state index in [1.165, 1.54) is 10.4 Å². The molecule has 1 fully saturated rings. The van der Waals surface area contributed by atoms with Gasteiger partial charge in [0.2, 0.25) is 10.0 Å². The summed E-state index contributed by atoms with van der Waals surface area (Å²) in [5.74, 6) is 0.227. The van der Waals surface area contributed by atoms with Crippen LogP contribution in [0.5, 0.6) is 0 Å². The first-order valence-electron chi connectivity index (χ1n) is 10.3. The van der Waals surface area contributed by atoms with Gasteiger partial charge in [0.05, 0.1) is 4.90 Å². The van der Waals surface area contributed by atoms with Crippen LogP contribution < -0.4 is 5.32 Å². The van der Waals surface area contributed by atoms with Crippen molar-refractivity contribution in [3.8, 4) is 0 Å². The summed E-state index contributed by atoms with van der Waals surface area (Å²) in [5, 5.41) is 5.03. The monoisotopic (exact) mass is 422 g/mol. The quantitative estimate of drug-likeness (QED) is 0.655. The summed E-state index contributed by atoms with van der Waals surface area (Å²) in [5.41, 5.74) is 1.78. The van der Waals surface area contributed by atoms with Gasteiger partial charge in [0, 0.05) is 24.3 Å². The lowest BCUT2D eigenvalue weighted by molar-refractivity contribution is 0.102. The lowest BCUT2D eigenvalue weighted by Gasteiger charge is -2.29. The van der Waals surface area contributed by atoms with Gasteiger partial charge in [-0.15, -0.1) is 0 Å². The van der Waals surface area contributed by atoms with Crippen LogP contribution in [0.15, 0.2) is 65.6 Å². The summed E-state index contributed by atoms with van der Waals surface area (Å²) in [6.07, 6.45) is 1.72. The van der Waals surface area contributed by atoms with E-state index in [-0.39, 0.29) is 10.8 Å². The maximum absolute atomic E-state index is 13.1. The minimum absolute atomic E-state index is 0.173. The third-order valence-electron chi connectivity index (χ3n) is 5.84. The zero-order valence-electron chi connectivity index (χ0n) is 17.3. The third-order valence-corrected chi connectivity index (χ3v) is 7.74. The maximum Gasteiger partial charge on any atom is 0.255 e. The van der Waals surface area contributed by atoms with Crippen LogP contribution in [0.4, 0.5) is 5.69 Å². The number of fused-ring (bicyclic) bond motifs is 1. The average Bonchev–Trinajstić information content (AvgIpc) is 2.74. The number of hydrogen-bond acceptors (Lipinski definition) is 3. The zero-order chi connectivity index (χ0) is 21.3. The van der Waals surface area contributed by atoms with Crippen molar-refractivity contribution >= 4 is 32.4 Å². The Morgan fingerprint density at radius 1 is 0.967 bits per heavy atom. The molecule has 0 bridgehead atoms. The molecule has 1 heterocycles. The number of benzene rings is 3. The van der Waals surface area contributed by atoms with Gasteiger partial charge in [-0.2, -0.15) is 4.31 Å². The van der Waals surface area contributed by atoms with Gasteiger partial charge in [-0.1, -0.05) is 43.3 Å². The summed E-state index contributed by atoms with van der Waals surface area (Å²) in [7, 11) is -3.61. The molecule has 1 aliphatic rings. The van der Waals surface area contributed by atoms with Crippen LogP contribution in [0, 0.1) is 12.8 Å². The first-order chi connectivity index (χ1) is 14.3. The number of aryl methyl sites for hydroxylation is 1. The van der Waals surface area contributed by atoms with Crippen molar-refractivity contribution < 1.29 is 13.2 Å². The fourth-order valence-corrected chi connectivity index (χ4v) is 5.34. The normalized spacial score (nSPS) is 15.9. The fraction of sp³-hybridized carbons (Fsp3) is 0.292. The minimum atomic E-state index is -3.61. The summed E-state index contributed by atoms with van der Waals surface area (Å²) in [6.45, 7) is 5.01. The predicted molar refractivity (Wildman–Crippen MR) is 120 cm³/mol. The zero-order valence-corrected chi connectivity index (χ0v) is 18.1. The van der Waals surface area contributed by atoms with E-state index in [1.807, 2.05) is 49.4 Å². The summed E-state index contributed by atoms with van der Waals surface area (Å²) in [6, 6.07) is 18.4. The second-order valence-corrected chi connectivity index (χ2v) is 10.0. The van der Waals surface area contributed by atoms with Crippen molar-refractivity contribution in [2.45, 2.75) is 31.6 Å². The number of rotatable bonds is 4. The number of nitrogens with zero attached hydrogens (tertiary/aromatic N) is 1. The number of carbonyl (C=O) groups excluding carboxylic acids is 1. The van der Waals surface area contributed by atoms with Gasteiger partial charge in [-0.25, -0.2) is 8.42 Å². The van der Waals surface area contributed by atoms with Crippen molar-refractivity contribution in [2.24, 2.45) is 5.92 Å². The average molecular weight is 423 g/mol. The van der Waals surface area contributed by atoms with Crippen LogP contribution in [-0.2, 0) is 10.0 Å². The van der Waals surface area contributed by atoms with Crippen molar-refractivity contribution in [3.63, 3.8) is 0 Å². The van der Waals surface area contributed by atoms with E-state index in [0.29, 0.717) is 30.3 Å². The lowest BCUT2D eigenvalue weighted by atomic mass is 10.0. The molecule has 4 rings (SSSR count). The number of sulfonamides is 1. The van der Waals surface area contributed by atoms with Crippen LogP contribution in [0.2, 0.25) is 0 Å². The first-order valence-corrected chi connectivity index (χ1v) is 11.7. The van der Waals surface area contributed by atoms with E-state index in [0.717, 1.165) is 29.2 Å². The molecule has 1 N–H and O–H groups in total. The number of anilines is 1. The molecule has 3 aromatic carbocycles. The molecule has 0 spiro atoms. The van der Waals surface area contributed by atoms with Crippen LogP contribution in [0.3, 0.4) is 0 Å². The van der Waals surface area contributed by atoms with Crippen LogP contribution in [-0.4, -0.2) is 31.7 Å². The molecule has 0 unspecified atom stereocenters. The Bertz CT molecular complexity index is 1200. The van der Waals surface area contributed by atoms with E-state index in [1.54, 1.807) is 12.1 Å². The largest absolute Gasteiger partial charge is 0.322 e. The smallest absolute Gasteiger partial charge is 0.255 e. The van der Waals surface area contributed by atoms with Gasteiger partial charge < -0.3 is 5.32 Å². The Kier molecular flexibility index (Phi) is 5.62. The van der Waals surface area contributed by atoms with Gasteiger partial charge in [0.1, 0.15) is 0 Å². The van der Waals surface area contributed by atoms with Crippen LogP contribution in [0.25, 0.3) is 10.8 Å². The Hall–Kier alpha value is -2.70. The highest BCUT2D eigenvalue weighted by Crippen LogP contribution is 2.26. The van der Waals surface area contributed by atoms with E-state index in [4.69, 9.17) is 0 Å². The van der Waals surface area contributed by atoms with Gasteiger partial charge in [-0.3, -0.25) is 4.79 Å². The number of nitrogens with one attached hydrogen (secondary N) is 1. The molecule has 0 atom stereocenters. The van der Waals surface area contributed by atoms with Gasteiger partial charge in [0.15, 0.2) is 0 Å². The second-order valence-electron chi connectivity index (χ2n) is 8.08. The summed E-state index contributed by atoms with van der Waals surface area (Å²) >= 11 is 0. The molecule has 1 aliphatic heterocycles. The first kappa shape index (κ1) is 20.6. The number of piperidine rings is 1. The summed E-state index contributed by atoms with van der Waals surface area (Å²) < 4.78 is 27.7. The third kappa shape index (κ3) is 4.11. The van der Waals surface area contributed by atoms with E-state index >= 15 is 0 Å². The van der Waals surface area contributed by atoms with Crippen molar-refractivity contribution in [1.82, 2.24) is 4.31 Å². The summed E-state index contributed by atoms with van der Waals surface area (Å²) in [4.78, 5) is 13.1. The lowest BCUT2D eigenvalue weighted by Crippen LogP contribution is -2.38. The van der Waals surface area contributed by atoms with Gasteiger partial charge in [0.25, 0.3) is 5.91 Å². The number of hydrogen-bond donors (Lipinski definition) is 1. The molecule has 156 valence electrons. The Morgan fingerprint density at radius 2 is 1.67 bits per heavy atom. The molecule has 0 saturated carbocycles. The Labute approximate surface area is 177 Å². The highest BCUT2D eigenvalue weighted by Gasteiger charge is 2.29. The van der Waals surface area contributed by atoms with Crippen LogP contribution >= 0.6 is 0 Å². The standard InChI is InChI=1S/C24H26N2O3S/c1-17-11-13-26(14-12-17)30(28,29)22-10-7-18(2)23(16-22)24(27)25-21-9-8-19-5-3-4-6-20(19)15-21/h3-10,15-17H,11-14H2,1-2H3,(H,25,27). The van der Waals surface area contributed by atoms with Crippen LogP contribution in [0.1, 0.15) is 35.7 Å². The highest BCUT2D eigenvalue weighted by molar-refractivity contribution is 7.89. The van der Waals surface area contributed by atoms with Crippen molar-refractivity contribution in [1.29, 1.82) is 0 Å². The fourth-order valence-electron chi connectivity index (χ4n) is 3.85. The molecule has 0 aliphatic carbocycles. The molecule has 0 aromatic heterocycles. The topological polar surface area (TPSA) is 66.5 Å². The molecular formula is C24H26N2O3S. The minimum Gasteiger partial charge on any atom is -0.322 e. The molecule has 0 radical (unpaired) electrons.